The van der Waals surface area contributed by atoms with Gasteiger partial charge in [-0.15, -0.1) is 0 Å². The number of nitrogens with zero attached hydrogens (tertiary/aromatic N) is 2. The molecule has 0 aliphatic heterocycles. The van der Waals surface area contributed by atoms with Crippen LogP contribution in [0.3, 0.4) is 0 Å². The van der Waals surface area contributed by atoms with E-state index in [1.165, 1.54) is 32.1 Å². The molecule has 0 amide bonds. The number of ether oxygens (including phenoxy) is 1. The maximum atomic E-state index is 12.8. The first-order valence-corrected chi connectivity index (χ1v) is 11.9. The van der Waals surface area contributed by atoms with E-state index in [1.54, 1.807) is 7.11 Å². The average Bonchev–Trinajstić information content (AvgIpc) is 2.79. The summed E-state index contributed by atoms with van der Waals surface area (Å²) >= 11 is 5.82. The number of aromatic nitrogens is 1. The van der Waals surface area contributed by atoms with Crippen LogP contribution >= 0.6 is 12.2 Å². The van der Waals surface area contributed by atoms with E-state index < -0.39 is 0 Å². The van der Waals surface area contributed by atoms with Crippen LogP contribution in [0, 0.1) is 0 Å². The molecule has 0 radical (unpaired) electrons. The first-order chi connectivity index (χ1) is 15.0. The molecule has 2 N–H and O–H groups in total. The molecule has 0 unspecified atom stereocenters. The zero-order chi connectivity index (χ0) is 22.2. The summed E-state index contributed by atoms with van der Waals surface area (Å²) in [4.78, 5) is 20.3. The van der Waals surface area contributed by atoms with Crippen LogP contribution in [0.15, 0.2) is 29.1 Å². The SMILES string of the molecule is CCN(CC)CCN(Cc1cc2cc(OC)ccc2[nH]c1=O)C(=S)NC1CCCCC1. The van der Waals surface area contributed by atoms with E-state index in [0.717, 1.165) is 47.9 Å². The normalized spacial score (nSPS) is 14.7. The monoisotopic (exact) mass is 444 g/mol. The fourth-order valence-electron chi connectivity index (χ4n) is 4.25. The number of hydrogen-bond donors (Lipinski definition) is 2. The number of thiocarbonyl (C=S) groups is 1. The summed E-state index contributed by atoms with van der Waals surface area (Å²) in [6.45, 7) is 8.55. The van der Waals surface area contributed by atoms with Crippen LogP contribution in [0.4, 0.5) is 0 Å². The summed E-state index contributed by atoms with van der Waals surface area (Å²) in [5.74, 6) is 0.776. The van der Waals surface area contributed by atoms with Crippen molar-refractivity contribution in [2.24, 2.45) is 0 Å². The molecule has 1 saturated carbocycles. The Morgan fingerprint density at radius 2 is 1.90 bits per heavy atom. The van der Waals surface area contributed by atoms with Crippen LogP contribution in [-0.2, 0) is 6.54 Å². The van der Waals surface area contributed by atoms with Crippen molar-refractivity contribution in [2.75, 3.05) is 33.3 Å². The molecular weight excluding hydrogens is 408 g/mol. The van der Waals surface area contributed by atoms with Crippen molar-refractivity contribution in [3.8, 4) is 5.75 Å². The highest BCUT2D eigenvalue weighted by molar-refractivity contribution is 7.80. The lowest BCUT2D eigenvalue weighted by molar-refractivity contribution is 0.261. The Balaban J connectivity index is 1.81. The van der Waals surface area contributed by atoms with Crippen LogP contribution < -0.4 is 15.6 Å². The average molecular weight is 445 g/mol. The Bertz CT molecular complexity index is 919. The topological polar surface area (TPSA) is 60.6 Å². The molecule has 2 aromatic rings. The molecule has 1 aromatic heterocycles. The Hall–Kier alpha value is -2.12. The highest BCUT2D eigenvalue weighted by atomic mass is 32.1. The molecule has 0 spiro atoms. The van der Waals surface area contributed by atoms with Crippen molar-refractivity contribution < 1.29 is 4.74 Å². The van der Waals surface area contributed by atoms with Crippen molar-refractivity contribution in [2.45, 2.75) is 58.5 Å². The fraction of sp³-hybridized carbons (Fsp3) is 0.583. The second-order valence-corrected chi connectivity index (χ2v) is 8.70. The smallest absolute Gasteiger partial charge is 0.253 e. The molecular formula is C24H36N4O2S. The lowest BCUT2D eigenvalue weighted by Crippen LogP contribution is -2.47. The summed E-state index contributed by atoms with van der Waals surface area (Å²) in [5, 5.41) is 5.30. The second-order valence-electron chi connectivity index (χ2n) is 8.31. The van der Waals surface area contributed by atoms with Crippen LogP contribution in [0.2, 0.25) is 0 Å². The Morgan fingerprint density at radius 3 is 2.58 bits per heavy atom. The van der Waals surface area contributed by atoms with Gasteiger partial charge in [0.05, 0.1) is 13.7 Å². The molecule has 1 aliphatic carbocycles. The number of benzene rings is 1. The van der Waals surface area contributed by atoms with Gasteiger partial charge in [-0.05, 0) is 62.4 Å². The van der Waals surface area contributed by atoms with Gasteiger partial charge < -0.3 is 24.8 Å². The molecule has 0 saturated heterocycles. The number of aromatic amines is 1. The van der Waals surface area contributed by atoms with E-state index >= 15 is 0 Å². The largest absolute Gasteiger partial charge is 0.497 e. The van der Waals surface area contributed by atoms with Gasteiger partial charge in [-0.2, -0.15) is 0 Å². The van der Waals surface area contributed by atoms with Crippen molar-refractivity contribution in [1.82, 2.24) is 20.1 Å². The maximum Gasteiger partial charge on any atom is 0.253 e. The molecule has 0 atom stereocenters. The van der Waals surface area contributed by atoms with E-state index in [2.05, 4.69) is 33.9 Å². The van der Waals surface area contributed by atoms with E-state index in [0.29, 0.717) is 18.2 Å². The summed E-state index contributed by atoms with van der Waals surface area (Å²) in [7, 11) is 1.65. The lowest BCUT2D eigenvalue weighted by atomic mass is 9.96. The van der Waals surface area contributed by atoms with Gasteiger partial charge in [-0.1, -0.05) is 33.1 Å². The molecule has 170 valence electrons. The second kappa shape index (κ2) is 11.5. The number of H-pyrrole nitrogens is 1. The number of pyridine rings is 1. The molecule has 1 aliphatic rings. The van der Waals surface area contributed by atoms with E-state index in [-0.39, 0.29) is 5.56 Å². The molecule has 0 bridgehead atoms. The van der Waals surface area contributed by atoms with Gasteiger partial charge in [0.15, 0.2) is 5.11 Å². The van der Waals surface area contributed by atoms with Gasteiger partial charge in [0.2, 0.25) is 0 Å². The predicted octanol–water partition coefficient (Wildman–Crippen LogP) is 3.89. The van der Waals surface area contributed by atoms with Crippen LogP contribution in [0.25, 0.3) is 10.9 Å². The number of likely N-dealkylation sites (N-methyl/N-ethyl adjacent to an activating group) is 1. The number of hydrogen-bond acceptors (Lipinski definition) is 4. The Morgan fingerprint density at radius 1 is 1.16 bits per heavy atom. The summed E-state index contributed by atoms with van der Waals surface area (Å²) < 4.78 is 5.35. The maximum absolute atomic E-state index is 12.8. The van der Waals surface area contributed by atoms with E-state index in [1.807, 2.05) is 24.3 Å². The van der Waals surface area contributed by atoms with Crippen molar-refractivity contribution in [3.05, 3.63) is 40.2 Å². The highest BCUT2D eigenvalue weighted by Crippen LogP contribution is 2.20. The molecule has 1 aromatic carbocycles. The van der Waals surface area contributed by atoms with Gasteiger partial charge in [0, 0.05) is 35.6 Å². The van der Waals surface area contributed by atoms with Gasteiger partial charge >= 0.3 is 0 Å². The van der Waals surface area contributed by atoms with Crippen molar-refractivity contribution >= 4 is 28.2 Å². The third-order valence-electron chi connectivity index (χ3n) is 6.29. The number of methoxy groups -OCH3 is 1. The standard InChI is InChI=1S/C24H36N4O2S/c1-4-27(5-2)13-14-28(24(31)25-20-9-7-6-8-10-20)17-19-15-18-16-21(30-3)11-12-22(18)26-23(19)29/h11-12,15-16,20H,4-10,13-14,17H2,1-3H3,(H,25,31)(H,26,29). The molecule has 1 heterocycles. The quantitative estimate of drug-likeness (QED) is 0.572. The summed E-state index contributed by atoms with van der Waals surface area (Å²) in [5.41, 5.74) is 1.46. The van der Waals surface area contributed by atoms with Crippen LogP contribution in [0.5, 0.6) is 5.75 Å². The fourth-order valence-corrected chi connectivity index (χ4v) is 4.57. The zero-order valence-electron chi connectivity index (χ0n) is 19.1. The van der Waals surface area contributed by atoms with Crippen molar-refractivity contribution in [3.63, 3.8) is 0 Å². The predicted molar refractivity (Wildman–Crippen MR) is 132 cm³/mol. The summed E-state index contributed by atoms with van der Waals surface area (Å²) in [6, 6.07) is 8.10. The first kappa shape index (κ1) is 23.5. The van der Waals surface area contributed by atoms with Gasteiger partial charge in [-0.25, -0.2) is 0 Å². The minimum atomic E-state index is -0.0639. The van der Waals surface area contributed by atoms with Gasteiger partial charge in [0.1, 0.15) is 5.75 Å². The Labute approximate surface area is 191 Å². The highest BCUT2D eigenvalue weighted by Gasteiger charge is 2.19. The number of nitrogens with one attached hydrogen (secondary N) is 2. The van der Waals surface area contributed by atoms with Gasteiger partial charge in [0.25, 0.3) is 5.56 Å². The van der Waals surface area contributed by atoms with Crippen LogP contribution in [0.1, 0.15) is 51.5 Å². The molecule has 3 rings (SSSR count). The third kappa shape index (κ3) is 6.43. The van der Waals surface area contributed by atoms with E-state index in [4.69, 9.17) is 17.0 Å². The van der Waals surface area contributed by atoms with Gasteiger partial charge in [-0.3, -0.25) is 4.79 Å². The minimum absolute atomic E-state index is 0.0639. The van der Waals surface area contributed by atoms with Crippen LogP contribution in [-0.4, -0.2) is 59.2 Å². The van der Waals surface area contributed by atoms with E-state index in [9.17, 15) is 4.79 Å². The number of fused-ring (bicyclic) bond motifs is 1. The molecule has 6 nitrogen and oxygen atoms in total. The first-order valence-electron chi connectivity index (χ1n) is 11.5. The summed E-state index contributed by atoms with van der Waals surface area (Å²) in [6.07, 6.45) is 6.16. The minimum Gasteiger partial charge on any atom is -0.497 e. The zero-order valence-corrected chi connectivity index (χ0v) is 19.9. The molecule has 1 fully saturated rings. The molecule has 31 heavy (non-hydrogen) atoms. The Kier molecular flexibility index (Phi) is 8.72. The third-order valence-corrected chi connectivity index (χ3v) is 6.67. The van der Waals surface area contributed by atoms with Crippen molar-refractivity contribution in [1.29, 1.82) is 0 Å². The lowest BCUT2D eigenvalue weighted by Gasteiger charge is -2.32. The number of rotatable bonds is 9. The molecule has 7 heteroatoms.